The minimum atomic E-state index is -0.660. The number of ether oxygens (including phenoxy) is 1. The van der Waals surface area contributed by atoms with Gasteiger partial charge in [0.05, 0.1) is 25.4 Å². The van der Waals surface area contributed by atoms with Crippen molar-refractivity contribution in [2.75, 3.05) is 13.2 Å². The number of amides is 1. The first-order chi connectivity index (χ1) is 39.0. The van der Waals surface area contributed by atoms with Crippen molar-refractivity contribution in [2.24, 2.45) is 0 Å². The molecule has 0 rings (SSSR count). The number of aliphatic hydroxyl groups excluding tert-OH is 2. The average Bonchev–Trinajstić information content (AvgIpc) is 3.45. The highest BCUT2D eigenvalue weighted by Gasteiger charge is 2.20. The molecule has 6 heteroatoms. The van der Waals surface area contributed by atoms with Gasteiger partial charge in [0, 0.05) is 12.8 Å². The van der Waals surface area contributed by atoms with Crippen LogP contribution < -0.4 is 5.32 Å². The van der Waals surface area contributed by atoms with Crippen molar-refractivity contribution in [2.45, 2.75) is 418 Å². The molecule has 0 heterocycles. The zero-order chi connectivity index (χ0) is 57.1. The minimum Gasteiger partial charge on any atom is -0.466 e. The zero-order valence-electron chi connectivity index (χ0n) is 53.6. The fraction of sp³-hybridized carbons (Fsp3) is 0.918. The number of rotatable bonds is 68. The van der Waals surface area contributed by atoms with Gasteiger partial charge in [-0.1, -0.05) is 359 Å². The lowest BCUT2D eigenvalue weighted by Crippen LogP contribution is -2.45. The van der Waals surface area contributed by atoms with Crippen molar-refractivity contribution in [3.05, 3.63) is 24.3 Å². The molecule has 0 aliphatic carbocycles. The molecule has 79 heavy (non-hydrogen) atoms. The smallest absolute Gasteiger partial charge is 0.305 e. The monoisotopic (exact) mass is 1110 g/mol. The Morgan fingerprint density at radius 2 is 0.633 bits per heavy atom. The normalized spacial score (nSPS) is 12.6. The highest BCUT2D eigenvalue weighted by atomic mass is 16.5. The molecule has 0 aromatic carbocycles. The zero-order valence-corrected chi connectivity index (χ0v) is 53.6. The van der Waals surface area contributed by atoms with Gasteiger partial charge in [0.2, 0.25) is 5.91 Å². The van der Waals surface area contributed by atoms with Crippen LogP contribution in [-0.2, 0) is 14.3 Å². The number of allylic oxidation sites excluding steroid dienone is 4. The van der Waals surface area contributed by atoms with Crippen molar-refractivity contribution in [1.29, 1.82) is 0 Å². The molecule has 1 amide bonds. The van der Waals surface area contributed by atoms with Crippen molar-refractivity contribution >= 4 is 11.9 Å². The molecule has 0 aromatic heterocycles. The van der Waals surface area contributed by atoms with Crippen molar-refractivity contribution in [3.8, 4) is 0 Å². The third-order valence-corrected chi connectivity index (χ3v) is 17.0. The summed E-state index contributed by atoms with van der Waals surface area (Å²) < 4.78 is 5.49. The van der Waals surface area contributed by atoms with Gasteiger partial charge in [-0.3, -0.25) is 9.59 Å². The Balaban J connectivity index is 3.30. The van der Waals surface area contributed by atoms with Crippen LogP contribution in [0.1, 0.15) is 406 Å². The molecule has 0 fully saturated rings. The standard InChI is InChI=1S/C73H141NO5/c1-3-5-7-9-11-13-15-17-18-39-43-47-51-55-59-63-67-73(78)79-68-64-60-56-52-48-44-40-37-35-33-31-29-27-25-23-21-19-20-22-24-26-28-30-32-34-36-38-42-46-50-54-58-62-66-72(77)74-70(69-75)71(76)65-61-57-53-49-45-41-16-14-12-10-8-6-4-2/h13,15,18,39,70-71,75-76H,3-12,14,16-17,19-38,40-69H2,1-2H3,(H,74,77)/b15-13-,39-18-. The van der Waals surface area contributed by atoms with Gasteiger partial charge >= 0.3 is 5.97 Å². The number of hydrogen-bond donors (Lipinski definition) is 3. The molecule has 0 aliphatic rings. The van der Waals surface area contributed by atoms with E-state index in [-0.39, 0.29) is 18.5 Å². The summed E-state index contributed by atoms with van der Waals surface area (Å²) in [6.45, 7) is 4.96. The van der Waals surface area contributed by atoms with E-state index in [2.05, 4.69) is 43.5 Å². The van der Waals surface area contributed by atoms with Crippen molar-refractivity contribution in [1.82, 2.24) is 5.32 Å². The maximum absolute atomic E-state index is 12.5. The second-order valence-electron chi connectivity index (χ2n) is 24.9. The third kappa shape index (κ3) is 65.4. The van der Waals surface area contributed by atoms with Crippen LogP contribution in [0.3, 0.4) is 0 Å². The predicted octanol–water partition coefficient (Wildman–Crippen LogP) is 23.3. The summed E-state index contributed by atoms with van der Waals surface area (Å²) in [5.41, 5.74) is 0. The first-order valence-electron chi connectivity index (χ1n) is 36.1. The Kier molecular flexibility index (Phi) is 67.4. The molecule has 6 nitrogen and oxygen atoms in total. The van der Waals surface area contributed by atoms with Crippen LogP contribution in [0.2, 0.25) is 0 Å². The van der Waals surface area contributed by atoms with Crippen molar-refractivity contribution < 1.29 is 24.5 Å². The van der Waals surface area contributed by atoms with Gasteiger partial charge in [0.25, 0.3) is 0 Å². The fourth-order valence-corrected chi connectivity index (χ4v) is 11.5. The highest BCUT2D eigenvalue weighted by Crippen LogP contribution is 2.19. The van der Waals surface area contributed by atoms with Crippen LogP contribution in [0.5, 0.6) is 0 Å². The molecule has 0 saturated heterocycles. The van der Waals surface area contributed by atoms with Gasteiger partial charge in [-0.05, 0) is 57.8 Å². The number of nitrogens with one attached hydrogen (secondary N) is 1. The summed E-state index contributed by atoms with van der Waals surface area (Å²) in [5, 5.41) is 23.3. The van der Waals surface area contributed by atoms with E-state index in [1.807, 2.05) is 0 Å². The maximum Gasteiger partial charge on any atom is 0.305 e. The topological polar surface area (TPSA) is 95.9 Å². The molecule has 2 atom stereocenters. The average molecular weight is 1110 g/mol. The third-order valence-electron chi connectivity index (χ3n) is 17.0. The highest BCUT2D eigenvalue weighted by molar-refractivity contribution is 5.76. The van der Waals surface area contributed by atoms with Gasteiger partial charge in [-0.25, -0.2) is 0 Å². The summed E-state index contributed by atoms with van der Waals surface area (Å²) in [4.78, 5) is 24.6. The second kappa shape index (κ2) is 68.8. The Bertz CT molecular complexity index is 1230. The number of unbranched alkanes of at least 4 members (excludes halogenated alkanes) is 53. The molecule has 0 aliphatic heterocycles. The lowest BCUT2D eigenvalue weighted by Gasteiger charge is -2.22. The van der Waals surface area contributed by atoms with E-state index in [1.54, 1.807) is 0 Å². The Morgan fingerprint density at radius 3 is 0.975 bits per heavy atom. The quantitative estimate of drug-likeness (QED) is 0.0320. The summed E-state index contributed by atoms with van der Waals surface area (Å²) >= 11 is 0. The van der Waals surface area contributed by atoms with Gasteiger partial charge in [0.15, 0.2) is 0 Å². The van der Waals surface area contributed by atoms with E-state index in [4.69, 9.17) is 4.74 Å². The molecule has 0 saturated carbocycles. The molecular formula is C73H141NO5. The van der Waals surface area contributed by atoms with Gasteiger partial charge in [0.1, 0.15) is 0 Å². The van der Waals surface area contributed by atoms with E-state index in [1.165, 1.54) is 321 Å². The largest absolute Gasteiger partial charge is 0.466 e. The predicted molar refractivity (Wildman–Crippen MR) is 347 cm³/mol. The molecule has 0 spiro atoms. The number of esters is 1. The van der Waals surface area contributed by atoms with Crippen LogP contribution in [0.15, 0.2) is 24.3 Å². The lowest BCUT2D eigenvalue weighted by atomic mass is 10.0. The lowest BCUT2D eigenvalue weighted by molar-refractivity contribution is -0.143. The first-order valence-corrected chi connectivity index (χ1v) is 36.1. The Hall–Kier alpha value is -1.66. The van der Waals surface area contributed by atoms with Crippen LogP contribution in [-0.4, -0.2) is 47.4 Å². The summed E-state index contributed by atoms with van der Waals surface area (Å²) in [7, 11) is 0. The van der Waals surface area contributed by atoms with Crippen LogP contribution in [0.25, 0.3) is 0 Å². The van der Waals surface area contributed by atoms with Crippen LogP contribution in [0.4, 0.5) is 0 Å². The van der Waals surface area contributed by atoms with Crippen LogP contribution in [0, 0.1) is 0 Å². The van der Waals surface area contributed by atoms with Gasteiger partial charge < -0.3 is 20.3 Å². The number of carbonyl (C=O) groups excluding carboxylic acids is 2. The minimum absolute atomic E-state index is 0.00878. The van der Waals surface area contributed by atoms with E-state index in [9.17, 15) is 19.8 Å². The van der Waals surface area contributed by atoms with E-state index < -0.39 is 12.1 Å². The van der Waals surface area contributed by atoms with E-state index in [0.29, 0.717) is 25.9 Å². The Morgan fingerprint density at radius 1 is 0.354 bits per heavy atom. The Labute approximate surface area is 494 Å². The number of carbonyl (C=O) groups is 2. The summed E-state index contributed by atoms with van der Waals surface area (Å²) in [5.74, 6) is -0.0192. The summed E-state index contributed by atoms with van der Waals surface area (Å²) in [6, 6.07) is -0.536. The fourth-order valence-electron chi connectivity index (χ4n) is 11.5. The molecule has 0 radical (unpaired) electrons. The second-order valence-corrected chi connectivity index (χ2v) is 24.9. The van der Waals surface area contributed by atoms with Gasteiger partial charge in [-0.15, -0.1) is 0 Å². The van der Waals surface area contributed by atoms with Crippen LogP contribution >= 0.6 is 0 Å². The van der Waals surface area contributed by atoms with Gasteiger partial charge in [-0.2, -0.15) is 0 Å². The maximum atomic E-state index is 12.5. The van der Waals surface area contributed by atoms with E-state index in [0.717, 1.165) is 51.4 Å². The molecule has 0 bridgehead atoms. The SMILES string of the molecule is CCCCCC/C=C\C/C=C\CCCCCCCC(=O)OCCCCCCCCCCCCCCCCCCCCCCCCCCCCCCCCCCCC(=O)NC(CO)C(O)CCCCCCCCCCCCCCC. The molecular weight excluding hydrogens is 971 g/mol. The van der Waals surface area contributed by atoms with E-state index >= 15 is 0 Å². The van der Waals surface area contributed by atoms with Crippen molar-refractivity contribution in [3.63, 3.8) is 0 Å². The molecule has 468 valence electrons. The molecule has 0 aromatic rings. The molecule has 2 unspecified atom stereocenters. The number of hydrogen-bond acceptors (Lipinski definition) is 5. The summed E-state index contributed by atoms with van der Waals surface area (Å²) in [6.07, 6.45) is 86.7. The molecule has 3 N–H and O–H groups in total. The number of aliphatic hydroxyl groups is 2. The first kappa shape index (κ1) is 77.3.